The zero-order chi connectivity index (χ0) is 24.8. The van der Waals surface area contributed by atoms with Gasteiger partial charge in [-0.15, -0.1) is 0 Å². The summed E-state index contributed by atoms with van der Waals surface area (Å²) in [5, 5.41) is 11.6. The Bertz CT molecular complexity index is 1560. The number of non-ortho nitro benzene ring substituents is 1. The van der Waals surface area contributed by atoms with Crippen LogP contribution in [0.15, 0.2) is 52.1 Å². The van der Waals surface area contributed by atoms with Gasteiger partial charge in [0.15, 0.2) is 0 Å². The van der Waals surface area contributed by atoms with Gasteiger partial charge in [0.2, 0.25) is 0 Å². The van der Waals surface area contributed by atoms with Crippen molar-refractivity contribution in [1.29, 1.82) is 0 Å². The molecule has 0 aliphatic heterocycles. The number of fused-ring (bicyclic) bond motifs is 1. The number of nitro benzene ring substituents is 1. The maximum Gasteiger partial charge on any atom is 0.431 e. The Kier molecular flexibility index (Phi) is 5.91. The van der Waals surface area contributed by atoms with E-state index in [1.807, 2.05) is 0 Å². The first-order valence-electron chi connectivity index (χ1n) is 9.33. The lowest BCUT2D eigenvalue weighted by atomic mass is 10.2. The molecule has 0 aliphatic rings. The Morgan fingerprint density at radius 2 is 1.91 bits per heavy atom. The third-order valence-electron chi connectivity index (χ3n) is 4.89. The Morgan fingerprint density at radius 3 is 2.59 bits per heavy atom. The number of benzene rings is 2. The second-order valence-electron chi connectivity index (χ2n) is 7.01. The van der Waals surface area contributed by atoms with E-state index < -0.39 is 28.0 Å². The highest BCUT2D eigenvalue weighted by Crippen LogP contribution is 2.31. The highest BCUT2D eigenvalue weighted by atomic mass is 35.5. The topological polar surface area (TPSA) is 109 Å². The van der Waals surface area contributed by atoms with E-state index in [1.165, 1.54) is 24.3 Å². The van der Waals surface area contributed by atoms with Crippen molar-refractivity contribution in [2.45, 2.75) is 12.8 Å². The molecule has 0 unspecified atom stereocenters. The van der Waals surface area contributed by atoms with Crippen LogP contribution in [0.4, 0.5) is 18.9 Å². The van der Waals surface area contributed by atoms with Crippen LogP contribution in [0.5, 0.6) is 5.75 Å². The van der Waals surface area contributed by atoms with Gasteiger partial charge in [0.05, 0.1) is 32.1 Å². The standard InChI is InChI=1S/C20H12ClF3N4O5S/c1-26-17(20(22,23)24)8-18(29)27(19(26)30)10-3-5-16-12(6-10)14(25-34-16)9-33-15-7-11(28(31)32)2-4-13(15)21/h2-8H,9H2,1H3. The third kappa shape index (κ3) is 4.26. The van der Waals surface area contributed by atoms with Crippen LogP contribution in [0.3, 0.4) is 0 Å². The van der Waals surface area contributed by atoms with Crippen LogP contribution in [-0.4, -0.2) is 18.4 Å². The number of nitrogens with zero attached hydrogens (tertiary/aromatic N) is 4. The average Bonchev–Trinajstić information content (AvgIpc) is 3.17. The monoisotopic (exact) mass is 512 g/mol. The number of alkyl halides is 3. The molecule has 2 aromatic carbocycles. The molecule has 9 nitrogen and oxygen atoms in total. The Labute approximate surface area is 196 Å². The van der Waals surface area contributed by atoms with Gasteiger partial charge in [-0.1, -0.05) is 11.6 Å². The molecule has 0 aliphatic carbocycles. The van der Waals surface area contributed by atoms with Crippen molar-refractivity contribution in [3.05, 3.63) is 89.8 Å². The second-order valence-corrected chi connectivity index (χ2v) is 8.22. The average molecular weight is 513 g/mol. The Morgan fingerprint density at radius 1 is 1.18 bits per heavy atom. The fraction of sp³-hybridized carbons (Fsp3) is 0.150. The Balaban J connectivity index is 1.73. The van der Waals surface area contributed by atoms with Crippen LogP contribution in [0, 0.1) is 10.1 Å². The van der Waals surface area contributed by atoms with Crippen molar-refractivity contribution in [2.24, 2.45) is 7.05 Å². The third-order valence-corrected chi connectivity index (χ3v) is 6.06. The fourth-order valence-corrected chi connectivity index (χ4v) is 4.15. The summed E-state index contributed by atoms with van der Waals surface area (Å²) in [6.45, 7) is -0.149. The van der Waals surface area contributed by atoms with Gasteiger partial charge in [0, 0.05) is 24.6 Å². The van der Waals surface area contributed by atoms with E-state index in [0.717, 1.165) is 24.6 Å². The summed E-state index contributed by atoms with van der Waals surface area (Å²) < 4.78 is 50.8. The van der Waals surface area contributed by atoms with Gasteiger partial charge in [-0.2, -0.15) is 17.5 Å². The number of nitro groups is 1. The summed E-state index contributed by atoms with van der Waals surface area (Å²) in [5.41, 5.74) is -3.46. The minimum atomic E-state index is -4.87. The van der Waals surface area contributed by atoms with Crippen molar-refractivity contribution >= 4 is 38.9 Å². The highest BCUT2D eigenvalue weighted by Gasteiger charge is 2.35. The molecule has 0 bridgehead atoms. The molecule has 2 heterocycles. The zero-order valence-corrected chi connectivity index (χ0v) is 18.6. The first-order valence-corrected chi connectivity index (χ1v) is 10.5. The fourth-order valence-electron chi connectivity index (χ4n) is 3.22. The number of hydrogen-bond donors (Lipinski definition) is 0. The molecule has 34 heavy (non-hydrogen) atoms. The van der Waals surface area contributed by atoms with E-state index in [0.29, 0.717) is 31.0 Å². The van der Waals surface area contributed by atoms with Crippen LogP contribution in [-0.2, 0) is 19.8 Å². The minimum absolute atomic E-state index is 0.0432. The first kappa shape index (κ1) is 23.4. The second kappa shape index (κ2) is 8.57. The summed E-state index contributed by atoms with van der Waals surface area (Å²) in [6.07, 6.45) is -4.87. The molecule has 14 heteroatoms. The lowest BCUT2D eigenvalue weighted by molar-refractivity contribution is -0.384. The summed E-state index contributed by atoms with van der Waals surface area (Å²) in [6, 6.07) is 8.47. The minimum Gasteiger partial charge on any atom is -0.485 e. The van der Waals surface area contributed by atoms with Crippen molar-refractivity contribution in [1.82, 2.24) is 13.5 Å². The molecular weight excluding hydrogens is 501 g/mol. The van der Waals surface area contributed by atoms with Gasteiger partial charge >= 0.3 is 11.9 Å². The van der Waals surface area contributed by atoms with Gasteiger partial charge in [-0.3, -0.25) is 19.5 Å². The van der Waals surface area contributed by atoms with Gasteiger partial charge in [-0.25, -0.2) is 9.36 Å². The van der Waals surface area contributed by atoms with E-state index in [4.69, 9.17) is 16.3 Å². The molecular formula is C20H12ClF3N4O5S. The summed E-state index contributed by atoms with van der Waals surface area (Å²) >= 11 is 7.13. The van der Waals surface area contributed by atoms with E-state index in [9.17, 15) is 32.9 Å². The number of aromatic nitrogens is 3. The highest BCUT2D eigenvalue weighted by molar-refractivity contribution is 7.13. The SMILES string of the molecule is Cn1c(C(F)(F)F)cc(=O)n(-c2ccc3snc(COc4cc([N+](=O)[O-])ccc4Cl)c3c2)c1=O. The molecule has 0 spiro atoms. The van der Waals surface area contributed by atoms with Crippen LogP contribution in [0.1, 0.15) is 11.4 Å². The van der Waals surface area contributed by atoms with Gasteiger partial charge in [0.1, 0.15) is 18.1 Å². The van der Waals surface area contributed by atoms with Crippen LogP contribution in [0.2, 0.25) is 5.02 Å². The molecule has 0 amide bonds. The van der Waals surface area contributed by atoms with E-state index >= 15 is 0 Å². The largest absolute Gasteiger partial charge is 0.485 e. The maximum absolute atomic E-state index is 13.1. The van der Waals surface area contributed by atoms with E-state index in [2.05, 4.69) is 4.37 Å². The van der Waals surface area contributed by atoms with Crippen LogP contribution in [0.25, 0.3) is 15.8 Å². The summed E-state index contributed by atoms with van der Waals surface area (Å²) in [7, 11) is 0.924. The van der Waals surface area contributed by atoms with Gasteiger partial charge in [0.25, 0.3) is 11.2 Å². The molecule has 0 saturated heterocycles. The van der Waals surface area contributed by atoms with Crippen molar-refractivity contribution in [3.8, 4) is 11.4 Å². The number of halogens is 4. The predicted molar refractivity (Wildman–Crippen MR) is 118 cm³/mol. The normalized spacial score (nSPS) is 11.7. The van der Waals surface area contributed by atoms with Crippen LogP contribution >= 0.6 is 23.1 Å². The summed E-state index contributed by atoms with van der Waals surface area (Å²) in [5.74, 6) is 0.0565. The lowest BCUT2D eigenvalue weighted by Crippen LogP contribution is -2.40. The van der Waals surface area contributed by atoms with Crippen molar-refractivity contribution in [2.75, 3.05) is 0 Å². The quantitative estimate of drug-likeness (QED) is 0.291. The number of ether oxygens (including phenoxy) is 1. The number of rotatable bonds is 5. The lowest BCUT2D eigenvalue weighted by Gasteiger charge is -2.14. The Hall–Kier alpha value is -3.71. The maximum atomic E-state index is 13.1. The molecule has 0 fully saturated rings. The number of hydrogen-bond acceptors (Lipinski definition) is 7. The molecule has 4 rings (SSSR count). The van der Waals surface area contributed by atoms with Gasteiger partial charge < -0.3 is 4.74 Å². The molecule has 0 atom stereocenters. The molecule has 2 aromatic heterocycles. The molecule has 0 N–H and O–H groups in total. The zero-order valence-electron chi connectivity index (χ0n) is 17.0. The van der Waals surface area contributed by atoms with Gasteiger partial charge in [-0.05, 0) is 35.8 Å². The van der Waals surface area contributed by atoms with E-state index in [1.54, 1.807) is 6.07 Å². The molecule has 0 radical (unpaired) electrons. The van der Waals surface area contributed by atoms with E-state index in [-0.39, 0.29) is 28.8 Å². The summed E-state index contributed by atoms with van der Waals surface area (Å²) in [4.78, 5) is 35.3. The molecule has 0 saturated carbocycles. The molecule has 176 valence electrons. The smallest absolute Gasteiger partial charge is 0.431 e. The van der Waals surface area contributed by atoms with Crippen molar-refractivity contribution < 1.29 is 22.8 Å². The first-order chi connectivity index (χ1) is 16.0. The van der Waals surface area contributed by atoms with Crippen LogP contribution < -0.4 is 16.0 Å². The van der Waals surface area contributed by atoms with Crippen molar-refractivity contribution in [3.63, 3.8) is 0 Å². The predicted octanol–water partition coefficient (Wildman–Crippen LogP) is 4.31. The molecule has 4 aromatic rings.